The highest BCUT2D eigenvalue weighted by molar-refractivity contribution is 5.89. The largest absolute Gasteiger partial charge is 0.453 e. The molecule has 0 heterocycles. The van der Waals surface area contributed by atoms with E-state index in [4.69, 9.17) is 0 Å². The first-order chi connectivity index (χ1) is 9.21. The SMILES string of the molecule is CC(OC(=O)C12CC3CC(C1)C(=O)C(C3)C2)C(F)(F)F. The van der Waals surface area contributed by atoms with Gasteiger partial charge in [0.05, 0.1) is 5.41 Å². The molecule has 112 valence electrons. The predicted molar refractivity (Wildman–Crippen MR) is 62.6 cm³/mol. The molecule has 0 N–H and O–H groups in total. The lowest BCUT2D eigenvalue weighted by Crippen LogP contribution is -2.55. The third-order valence-corrected chi connectivity index (χ3v) is 5.17. The topological polar surface area (TPSA) is 43.4 Å². The molecule has 4 saturated carbocycles. The molecular weight excluding hydrogens is 273 g/mol. The second-order valence-corrected chi connectivity index (χ2v) is 6.62. The summed E-state index contributed by atoms with van der Waals surface area (Å²) in [4.78, 5) is 24.2. The third kappa shape index (κ3) is 2.04. The smallest absolute Gasteiger partial charge is 0.425 e. The van der Waals surface area contributed by atoms with Crippen molar-refractivity contribution in [3.05, 3.63) is 0 Å². The Hall–Kier alpha value is -1.07. The number of ether oxygens (including phenoxy) is 1. The molecule has 20 heavy (non-hydrogen) atoms. The molecule has 4 rings (SSSR count). The van der Waals surface area contributed by atoms with Gasteiger partial charge in [-0.25, -0.2) is 0 Å². The highest BCUT2D eigenvalue weighted by atomic mass is 19.4. The van der Waals surface area contributed by atoms with Gasteiger partial charge in [0.2, 0.25) is 0 Å². The Morgan fingerprint density at radius 3 is 2.30 bits per heavy atom. The van der Waals surface area contributed by atoms with Gasteiger partial charge >= 0.3 is 12.1 Å². The fraction of sp³-hybridized carbons (Fsp3) is 0.857. The fourth-order valence-electron chi connectivity index (χ4n) is 4.35. The number of carbonyl (C=O) groups excluding carboxylic acids is 2. The van der Waals surface area contributed by atoms with Crippen molar-refractivity contribution in [1.29, 1.82) is 0 Å². The molecule has 0 aliphatic heterocycles. The second kappa shape index (κ2) is 4.21. The predicted octanol–water partition coefficient (Wildman–Crippen LogP) is 2.88. The van der Waals surface area contributed by atoms with Gasteiger partial charge in [0.15, 0.2) is 6.10 Å². The summed E-state index contributed by atoms with van der Waals surface area (Å²) < 4.78 is 42.2. The number of Topliss-reactive ketones (excluding diaryl/α,β-unsaturated/α-hetero) is 1. The van der Waals surface area contributed by atoms with E-state index in [9.17, 15) is 22.8 Å². The van der Waals surface area contributed by atoms with Gasteiger partial charge in [-0.15, -0.1) is 0 Å². The van der Waals surface area contributed by atoms with Crippen molar-refractivity contribution >= 4 is 11.8 Å². The van der Waals surface area contributed by atoms with E-state index in [0.29, 0.717) is 25.2 Å². The molecule has 6 heteroatoms. The van der Waals surface area contributed by atoms with Gasteiger partial charge in [-0.2, -0.15) is 13.2 Å². The molecule has 0 spiro atoms. The van der Waals surface area contributed by atoms with E-state index in [1.165, 1.54) is 0 Å². The molecule has 4 fully saturated rings. The second-order valence-electron chi connectivity index (χ2n) is 6.62. The molecule has 3 nitrogen and oxygen atoms in total. The average molecular weight is 290 g/mol. The van der Waals surface area contributed by atoms with E-state index in [0.717, 1.165) is 19.8 Å². The number of hydrogen-bond acceptors (Lipinski definition) is 3. The normalized spacial score (nSPS) is 40.8. The summed E-state index contributed by atoms with van der Waals surface area (Å²) in [6.07, 6.45) is -3.70. The minimum atomic E-state index is -4.53. The van der Waals surface area contributed by atoms with Crippen LogP contribution >= 0.6 is 0 Å². The number of esters is 1. The van der Waals surface area contributed by atoms with E-state index in [2.05, 4.69) is 4.74 Å². The van der Waals surface area contributed by atoms with Crippen LogP contribution in [0, 0.1) is 23.2 Å². The van der Waals surface area contributed by atoms with Crippen LogP contribution in [0.1, 0.15) is 39.0 Å². The molecule has 0 saturated heterocycles. The standard InChI is InChI=1S/C14H17F3O3/c1-7(14(15,16)17)20-12(19)13-4-8-2-9(5-13)11(18)10(3-8)6-13/h7-10H,2-6H2,1H3. The molecule has 0 radical (unpaired) electrons. The summed E-state index contributed by atoms with van der Waals surface area (Å²) >= 11 is 0. The van der Waals surface area contributed by atoms with Crippen molar-refractivity contribution in [1.82, 2.24) is 0 Å². The van der Waals surface area contributed by atoms with Crippen LogP contribution in [0.4, 0.5) is 13.2 Å². The van der Waals surface area contributed by atoms with Crippen LogP contribution in [-0.4, -0.2) is 24.0 Å². The van der Waals surface area contributed by atoms with Crippen molar-refractivity contribution < 1.29 is 27.5 Å². The van der Waals surface area contributed by atoms with Gasteiger partial charge in [-0.3, -0.25) is 9.59 Å². The maximum absolute atomic E-state index is 12.5. The summed E-state index contributed by atoms with van der Waals surface area (Å²) in [6, 6.07) is 0. The van der Waals surface area contributed by atoms with Crippen molar-refractivity contribution in [3.63, 3.8) is 0 Å². The lowest BCUT2D eigenvalue weighted by molar-refractivity contribution is -0.227. The van der Waals surface area contributed by atoms with E-state index < -0.39 is 23.7 Å². The van der Waals surface area contributed by atoms with Crippen LogP contribution in [0.15, 0.2) is 0 Å². The molecule has 0 amide bonds. The monoisotopic (exact) mass is 290 g/mol. The zero-order valence-corrected chi connectivity index (χ0v) is 11.2. The molecule has 0 aromatic heterocycles. The third-order valence-electron chi connectivity index (χ3n) is 5.17. The van der Waals surface area contributed by atoms with Crippen LogP contribution in [0.2, 0.25) is 0 Å². The fourth-order valence-corrected chi connectivity index (χ4v) is 4.35. The zero-order chi connectivity index (χ0) is 14.7. The van der Waals surface area contributed by atoms with Crippen LogP contribution in [0.5, 0.6) is 0 Å². The Bertz CT molecular complexity index is 439. The maximum atomic E-state index is 12.5. The quantitative estimate of drug-likeness (QED) is 0.734. The molecule has 4 aliphatic rings. The van der Waals surface area contributed by atoms with Gasteiger partial charge in [-0.1, -0.05) is 0 Å². The van der Waals surface area contributed by atoms with Crippen LogP contribution in [-0.2, 0) is 14.3 Å². The van der Waals surface area contributed by atoms with Gasteiger partial charge < -0.3 is 4.74 Å². The van der Waals surface area contributed by atoms with Gasteiger partial charge in [0.25, 0.3) is 0 Å². The summed E-state index contributed by atoms with van der Waals surface area (Å²) in [5.41, 5.74) is -0.843. The van der Waals surface area contributed by atoms with Gasteiger partial charge in [0, 0.05) is 11.8 Å². The van der Waals surface area contributed by atoms with Crippen molar-refractivity contribution in [3.8, 4) is 0 Å². The summed E-state index contributed by atoms with van der Waals surface area (Å²) in [5, 5.41) is 0. The molecule has 4 bridgehead atoms. The highest BCUT2D eigenvalue weighted by Gasteiger charge is 2.59. The molecule has 0 aromatic carbocycles. The average Bonchev–Trinajstić information content (AvgIpc) is 2.33. The summed E-state index contributed by atoms with van der Waals surface area (Å²) in [7, 11) is 0. The zero-order valence-electron chi connectivity index (χ0n) is 11.2. The number of alkyl halides is 3. The number of halogens is 3. The highest BCUT2D eigenvalue weighted by Crippen LogP contribution is 2.59. The Balaban J connectivity index is 1.77. The van der Waals surface area contributed by atoms with E-state index in [1.54, 1.807) is 0 Å². The first-order valence-corrected chi connectivity index (χ1v) is 7.03. The van der Waals surface area contributed by atoms with Gasteiger partial charge in [0.1, 0.15) is 5.78 Å². The first-order valence-electron chi connectivity index (χ1n) is 7.03. The minimum absolute atomic E-state index is 0.144. The molecule has 3 unspecified atom stereocenters. The van der Waals surface area contributed by atoms with Crippen LogP contribution < -0.4 is 0 Å². The van der Waals surface area contributed by atoms with Gasteiger partial charge in [-0.05, 0) is 44.9 Å². The molecular formula is C14H17F3O3. The minimum Gasteiger partial charge on any atom is -0.453 e. The lowest BCUT2D eigenvalue weighted by Gasteiger charge is -2.54. The number of hydrogen-bond donors (Lipinski definition) is 0. The lowest BCUT2D eigenvalue weighted by atomic mass is 9.49. The Morgan fingerprint density at radius 2 is 1.80 bits per heavy atom. The maximum Gasteiger partial charge on any atom is 0.425 e. The number of rotatable bonds is 2. The number of carbonyl (C=O) groups is 2. The summed E-state index contributed by atoms with van der Waals surface area (Å²) in [6.45, 7) is 0.851. The van der Waals surface area contributed by atoms with E-state index >= 15 is 0 Å². The van der Waals surface area contributed by atoms with E-state index in [-0.39, 0.29) is 17.6 Å². The van der Waals surface area contributed by atoms with E-state index in [1.807, 2.05) is 0 Å². The first kappa shape index (κ1) is 13.9. The van der Waals surface area contributed by atoms with Crippen molar-refractivity contribution in [2.24, 2.45) is 23.2 Å². The van der Waals surface area contributed by atoms with Crippen LogP contribution in [0.25, 0.3) is 0 Å². The Kier molecular flexibility index (Phi) is 2.93. The van der Waals surface area contributed by atoms with Crippen LogP contribution in [0.3, 0.4) is 0 Å². The molecule has 3 atom stereocenters. The Morgan fingerprint density at radius 1 is 1.25 bits per heavy atom. The van der Waals surface area contributed by atoms with Crippen molar-refractivity contribution in [2.75, 3.05) is 0 Å². The van der Waals surface area contributed by atoms with Crippen molar-refractivity contribution in [2.45, 2.75) is 51.3 Å². The molecule has 0 aromatic rings. The molecule has 4 aliphatic carbocycles. The number of ketones is 1. The Labute approximate surface area is 114 Å². The summed E-state index contributed by atoms with van der Waals surface area (Å²) in [5.74, 6) is -0.550.